The van der Waals surface area contributed by atoms with Gasteiger partial charge in [0.15, 0.2) is 0 Å². The second-order valence-corrected chi connectivity index (χ2v) is 2.52. The van der Waals surface area contributed by atoms with Crippen molar-refractivity contribution in [3.8, 4) is 0 Å². The standard InChI is InChI=1S/C10H9NO/c1-2-10(11-6-1)4-3-9-5-7-12-8-9/h1-8,11H/b4-3+. The minimum atomic E-state index is 1.07. The molecule has 0 aromatic carbocycles. The van der Waals surface area contributed by atoms with Crippen LogP contribution < -0.4 is 0 Å². The van der Waals surface area contributed by atoms with Crippen molar-refractivity contribution in [2.24, 2.45) is 0 Å². The van der Waals surface area contributed by atoms with Crippen LogP contribution in [0, 0.1) is 0 Å². The molecule has 0 bridgehead atoms. The molecule has 0 radical (unpaired) electrons. The predicted molar refractivity (Wildman–Crippen MR) is 48.4 cm³/mol. The van der Waals surface area contributed by atoms with E-state index in [1.807, 2.05) is 36.5 Å². The van der Waals surface area contributed by atoms with Gasteiger partial charge in [0, 0.05) is 17.5 Å². The number of aromatic nitrogens is 1. The normalized spacial score (nSPS) is 11.0. The van der Waals surface area contributed by atoms with Crippen LogP contribution in [0.25, 0.3) is 12.2 Å². The maximum Gasteiger partial charge on any atom is 0.0974 e. The highest BCUT2D eigenvalue weighted by Crippen LogP contribution is 2.06. The zero-order valence-electron chi connectivity index (χ0n) is 6.53. The number of furan rings is 1. The molecule has 2 rings (SSSR count). The summed E-state index contributed by atoms with van der Waals surface area (Å²) in [5, 5.41) is 0. The Morgan fingerprint density at radius 1 is 1.25 bits per heavy atom. The van der Waals surface area contributed by atoms with Crippen LogP contribution >= 0.6 is 0 Å². The maximum atomic E-state index is 4.92. The lowest BCUT2D eigenvalue weighted by Gasteiger charge is -1.83. The minimum Gasteiger partial charge on any atom is -0.472 e. The van der Waals surface area contributed by atoms with Crippen molar-refractivity contribution in [3.05, 3.63) is 48.2 Å². The summed E-state index contributed by atoms with van der Waals surface area (Å²) in [6.07, 6.45) is 9.27. The van der Waals surface area contributed by atoms with E-state index in [9.17, 15) is 0 Å². The average Bonchev–Trinajstić information content (AvgIpc) is 2.74. The van der Waals surface area contributed by atoms with Crippen molar-refractivity contribution in [1.82, 2.24) is 4.98 Å². The van der Waals surface area contributed by atoms with Crippen LogP contribution in [-0.2, 0) is 0 Å². The number of hydrogen-bond donors (Lipinski definition) is 1. The Labute approximate surface area is 70.5 Å². The fraction of sp³-hybridized carbons (Fsp3) is 0. The van der Waals surface area contributed by atoms with Gasteiger partial charge in [-0.15, -0.1) is 0 Å². The Morgan fingerprint density at radius 3 is 2.92 bits per heavy atom. The van der Waals surface area contributed by atoms with Gasteiger partial charge < -0.3 is 9.40 Å². The number of hydrogen-bond acceptors (Lipinski definition) is 1. The van der Waals surface area contributed by atoms with Gasteiger partial charge in [-0.25, -0.2) is 0 Å². The van der Waals surface area contributed by atoms with Gasteiger partial charge in [0.1, 0.15) is 0 Å². The largest absolute Gasteiger partial charge is 0.472 e. The summed E-state index contributed by atoms with van der Waals surface area (Å²) in [7, 11) is 0. The summed E-state index contributed by atoms with van der Waals surface area (Å²) < 4.78 is 4.92. The summed E-state index contributed by atoms with van der Waals surface area (Å²) in [4.78, 5) is 3.08. The smallest absolute Gasteiger partial charge is 0.0974 e. The molecule has 0 amide bonds. The molecule has 2 heterocycles. The van der Waals surface area contributed by atoms with E-state index in [1.165, 1.54) is 0 Å². The summed E-state index contributed by atoms with van der Waals surface area (Å²) in [6, 6.07) is 5.89. The van der Waals surface area contributed by atoms with E-state index in [0.717, 1.165) is 11.3 Å². The molecule has 0 saturated carbocycles. The van der Waals surface area contributed by atoms with Crippen LogP contribution in [0.2, 0.25) is 0 Å². The van der Waals surface area contributed by atoms with Gasteiger partial charge in [0.25, 0.3) is 0 Å². The molecule has 2 heteroatoms. The van der Waals surface area contributed by atoms with Gasteiger partial charge >= 0.3 is 0 Å². The Morgan fingerprint density at radius 2 is 2.25 bits per heavy atom. The number of nitrogens with one attached hydrogen (secondary N) is 1. The molecule has 0 atom stereocenters. The topological polar surface area (TPSA) is 28.9 Å². The molecule has 2 aromatic heterocycles. The fourth-order valence-corrected chi connectivity index (χ4v) is 1.00. The van der Waals surface area contributed by atoms with Crippen molar-refractivity contribution in [3.63, 3.8) is 0 Å². The second-order valence-electron chi connectivity index (χ2n) is 2.52. The summed E-state index contributed by atoms with van der Waals surface area (Å²) in [6.45, 7) is 0. The lowest BCUT2D eigenvalue weighted by molar-refractivity contribution is 0.567. The third kappa shape index (κ3) is 1.48. The predicted octanol–water partition coefficient (Wildman–Crippen LogP) is 2.78. The number of aromatic amines is 1. The van der Waals surface area contributed by atoms with Crippen molar-refractivity contribution >= 4 is 12.2 Å². The first kappa shape index (κ1) is 6.98. The molecule has 0 spiro atoms. The lowest BCUT2D eigenvalue weighted by atomic mass is 10.3. The van der Waals surface area contributed by atoms with E-state index >= 15 is 0 Å². The van der Waals surface area contributed by atoms with Crippen molar-refractivity contribution in [1.29, 1.82) is 0 Å². The van der Waals surface area contributed by atoms with E-state index in [4.69, 9.17) is 4.42 Å². The molecular formula is C10H9NO. The first-order valence-corrected chi connectivity index (χ1v) is 3.79. The van der Waals surface area contributed by atoms with Gasteiger partial charge in [-0.3, -0.25) is 0 Å². The van der Waals surface area contributed by atoms with Crippen molar-refractivity contribution in [2.75, 3.05) is 0 Å². The maximum absolute atomic E-state index is 4.92. The zero-order valence-corrected chi connectivity index (χ0v) is 6.53. The second kappa shape index (κ2) is 3.13. The molecule has 60 valence electrons. The molecule has 2 aromatic rings. The van der Waals surface area contributed by atoms with Gasteiger partial charge in [-0.2, -0.15) is 0 Å². The van der Waals surface area contributed by atoms with Gasteiger partial charge in [0.2, 0.25) is 0 Å². The van der Waals surface area contributed by atoms with Crippen LogP contribution in [0.1, 0.15) is 11.3 Å². The third-order valence-electron chi connectivity index (χ3n) is 1.62. The first-order chi connectivity index (χ1) is 5.95. The molecule has 0 aliphatic heterocycles. The van der Waals surface area contributed by atoms with Gasteiger partial charge in [0.05, 0.1) is 12.5 Å². The van der Waals surface area contributed by atoms with E-state index < -0.39 is 0 Å². The highest BCUT2D eigenvalue weighted by Gasteiger charge is 1.87. The van der Waals surface area contributed by atoms with Crippen LogP contribution in [-0.4, -0.2) is 4.98 Å². The number of rotatable bonds is 2. The van der Waals surface area contributed by atoms with Crippen molar-refractivity contribution in [2.45, 2.75) is 0 Å². The summed E-state index contributed by atoms with van der Waals surface area (Å²) >= 11 is 0. The Bertz CT molecular complexity index is 307. The van der Waals surface area contributed by atoms with Gasteiger partial charge in [-0.05, 0) is 30.4 Å². The van der Waals surface area contributed by atoms with Crippen LogP contribution in [0.5, 0.6) is 0 Å². The minimum absolute atomic E-state index is 1.07. The Kier molecular flexibility index (Phi) is 1.82. The molecule has 2 nitrogen and oxygen atoms in total. The Balaban J connectivity index is 2.14. The SMILES string of the molecule is C(=C\c1ccc[nH]1)/c1ccoc1. The molecular weight excluding hydrogens is 150 g/mol. The average molecular weight is 159 g/mol. The van der Waals surface area contributed by atoms with Crippen LogP contribution in [0.15, 0.2) is 41.3 Å². The monoisotopic (exact) mass is 159 g/mol. The Hall–Kier alpha value is -1.70. The van der Waals surface area contributed by atoms with Gasteiger partial charge in [-0.1, -0.05) is 0 Å². The highest BCUT2D eigenvalue weighted by atomic mass is 16.3. The van der Waals surface area contributed by atoms with E-state index in [1.54, 1.807) is 12.5 Å². The molecule has 0 fully saturated rings. The highest BCUT2D eigenvalue weighted by molar-refractivity contribution is 5.67. The van der Waals surface area contributed by atoms with E-state index in [2.05, 4.69) is 4.98 Å². The van der Waals surface area contributed by atoms with Crippen molar-refractivity contribution < 1.29 is 4.42 Å². The lowest BCUT2D eigenvalue weighted by Crippen LogP contribution is -1.66. The zero-order chi connectivity index (χ0) is 8.23. The molecule has 0 aliphatic rings. The molecule has 12 heavy (non-hydrogen) atoms. The van der Waals surface area contributed by atoms with Crippen LogP contribution in [0.3, 0.4) is 0 Å². The summed E-state index contributed by atoms with van der Waals surface area (Å²) in [5.41, 5.74) is 2.17. The fourth-order valence-electron chi connectivity index (χ4n) is 1.00. The summed E-state index contributed by atoms with van der Waals surface area (Å²) in [5.74, 6) is 0. The third-order valence-corrected chi connectivity index (χ3v) is 1.62. The molecule has 0 saturated heterocycles. The molecule has 0 unspecified atom stereocenters. The van der Waals surface area contributed by atoms with E-state index in [0.29, 0.717) is 0 Å². The number of H-pyrrole nitrogens is 1. The first-order valence-electron chi connectivity index (χ1n) is 3.79. The van der Waals surface area contributed by atoms with E-state index in [-0.39, 0.29) is 0 Å². The molecule has 0 aliphatic carbocycles. The van der Waals surface area contributed by atoms with Crippen LogP contribution in [0.4, 0.5) is 0 Å². The quantitative estimate of drug-likeness (QED) is 0.717. The molecule has 1 N–H and O–H groups in total.